The third kappa shape index (κ3) is 4.84. The van der Waals surface area contributed by atoms with Crippen LogP contribution >= 0.6 is 31.9 Å². The van der Waals surface area contributed by atoms with E-state index in [2.05, 4.69) is 31.9 Å². The average molecular weight is 582 g/mol. The number of Topliss-reactive ketones (excluding diaryl/α,β-unsaturated/α-hetero) is 2. The van der Waals surface area contributed by atoms with Gasteiger partial charge >= 0.3 is 0 Å². The van der Waals surface area contributed by atoms with Gasteiger partial charge in [0.25, 0.3) is 0 Å². The van der Waals surface area contributed by atoms with Crippen molar-refractivity contribution in [3.63, 3.8) is 0 Å². The molecule has 6 heteroatoms. The fourth-order valence-corrected chi connectivity index (χ4v) is 4.68. The van der Waals surface area contributed by atoms with Gasteiger partial charge in [-0.1, -0.05) is 76.9 Å². The van der Waals surface area contributed by atoms with Crippen LogP contribution in [0.25, 0.3) is 0 Å². The van der Waals surface area contributed by atoms with Gasteiger partial charge < -0.3 is 0 Å². The van der Waals surface area contributed by atoms with E-state index in [0.717, 1.165) is 49.1 Å². The summed E-state index contributed by atoms with van der Waals surface area (Å²) in [7, 11) is 0. The van der Waals surface area contributed by atoms with Crippen LogP contribution in [0.15, 0.2) is 90.5 Å². The lowest BCUT2D eigenvalue weighted by Crippen LogP contribution is -2.23. The van der Waals surface area contributed by atoms with E-state index < -0.39 is 5.92 Å². The highest BCUT2D eigenvalue weighted by molar-refractivity contribution is 9.10. The Morgan fingerprint density at radius 1 is 0.853 bits per heavy atom. The van der Waals surface area contributed by atoms with Crippen LogP contribution in [0.2, 0.25) is 0 Å². The van der Waals surface area contributed by atoms with E-state index in [9.17, 15) is 9.59 Å². The fraction of sp³-hybridized carbons (Fsp3) is 0.286. The predicted molar refractivity (Wildman–Crippen MR) is 144 cm³/mol. The molecule has 0 aliphatic carbocycles. The van der Waals surface area contributed by atoms with Crippen LogP contribution in [-0.2, 0) is 9.59 Å². The molecule has 4 nitrogen and oxygen atoms in total. The highest BCUT2D eigenvalue weighted by Crippen LogP contribution is 2.38. The maximum atomic E-state index is 13.8. The SMILES string of the molecule is CCC(C)C(=O)CC(CC)C(=O)C1=C2C(=CN=C2c2ccc(Br)cc2)C(c2ccc(Br)cc2)=N1. The lowest BCUT2D eigenvalue weighted by atomic mass is 9.86. The topological polar surface area (TPSA) is 58.9 Å². The number of carbonyl (C=O) groups excluding carboxylic acids is 2. The van der Waals surface area contributed by atoms with Gasteiger partial charge in [-0.3, -0.25) is 14.6 Å². The molecule has 4 rings (SSSR count). The Kier molecular flexibility index (Phi) is 7.58. The number of rotatable bonds is 9. The third-order valence-electron chi connectivity index (χ3n) is 6.49. The summed E-state index contributed by atoms with van der Waals surface area (Å²) in [5.74, 6) is -0.400. The molecule has 34 heavy (non-hydrogen) atoms. The average Bonchev–Trinajstić information content (AvgIpc) is 3.43. The quantitative estimate of drug-likeness (QED) is 0.313. The van der Waals surface area contributed by atoms with Crippen molar-refractivity contribution in [3.05, 3.63) is 91.6 Å². The van der Waals surface area contributed by atoms with Crippen LogP contribution in [0.3, 0.4) is 0 Å². The standard InChI is InChI=1S/C28H26Br2N2O2/c1-4-16(3)23(33)14-17(5-2)28(34)27-24-22(25(32-27)18-6-10-20(29)11-7-18)15-31-26(24)19-8-12-21(30)13-9-19/h6-13,15-17H,4-5,14H2,1-3H3. The van der Waals surface area contributed by atoms with Crippen LogP contribution in [-0.4, -0.2) is 23.0 Å². The van der Waals surface area contributed by atoms with Gasteiger partial charge in [0.05, 0.1) is 11.4 Å². The van der Waals surface area contributed by atoms with Crippen LogP contribution in [0.1, 0.15) is 51.2 Å². The summed E-state index contributed by atoms with van der Waals surface area (Å²) >= 11 is 6.97. The van der Waals surface area contributed by atoms with Gasteiger partial charge in [-0.05, 0) is 37.1 Å². The fourth-order valence-electron chi connectivity index (χ4n) is 4.15. The molecule has 2 aliphatic heterocycles. The molecule has 0 saturated heterocycles. The van der Waals surface area contributed by atoms with Crippen molar-refractivity contribution in [2.45, 2.75) is 40.0 Å². The van der Waals surface area contributed by atoms with E-state index in [0.29, 0.717) is 12.1 Å². The largest absolute Gasteiger partial charge is 0.299 e. The van der Waals surface area contributed by atoms with Gasteiger partial charge in [-0.15, -0.1) is 0 Å². The number of hydrogen-bond acceptors (Lipinski definition) is 4. The second kappa shape index (κ2) is 10.4. The highest BCUT2D eigenvalue weighted by atomic mass is 79.9. The molecule has 2 unspecified atom stereocenters. The molecule has 0 radical (unpaired) electrons. The first kappa shape index (κ1) is 24.7. The number of nitrogens with zero attached hydrogens (tertiary/aromatic N) is 2. The van der Waals surface area contributed by atoms with Gasteiger partial charge in [0, 0.05) is 55.7 Å². The number of hydrogen-bond donors (Lipinski definition) is 0. The summed E-state index contributed by atoms with van der Waals surface area (Å²) in [6.07, 6.45) is 3.41. The van der Waals surface area contributed by atoms with Gasteiger partial charge in [0.15, 0.2) is 5.78 Å². The Labute approximate surface area is 217 Å². The van der Waals surface area contributed by atoms with E-state index in [-0.39, 0.29) is 23.9 Å². The summed E-state index contributed by atoms with van der Waals surface area (Å²) in [6, 6.07) is 15.8. The van der Waals surface area contributed by atoms with Crippen LogP contribution in [0, 0.1) is 11.8 Å². The van der Waals surface area contributed by atoms with Crippen LogP contribution in [0.4, 0.5) is 0 Å². The van der Waals surface area contributed by atoms with Crippen molar-refractivity contribution >= 4 is 54.8 Å². The minimum atomic E-state index is -0.398. The van der Waals surface area contributed by atoms with E-state index in [4.69, 9.17) is 9.98 Å². The molecule has 0 aromatic heterocycles. The molecule has 0 fully saturated rings. The molecule has 2 heterocycles. The molecule has 0 amide bonds. The number of benzene rings is 2. The lowest BCUT2D eigenvalue weighted by Gasteiger charge is -2.16. The van der Waals surface area contributed by atoms with Gasteiger partial charge in [-0.25, -0.2) is 4.99 Å². The zero-order valence-corrected chi connectivity index (χ0v) is 22.6. The van der Waals surface area contributed by atoms with E-state index in [1.165, 1.54) is 0 Å². The molecule has 0 saturated carbocycles. The van der Waals surface area contributed by atoms with Crippen molar-refractivity contribution in [1.29, 1.82) is 0 Å². The van der Waals surface area contributed by atoms with E-state index >= 15 is 0 Å². The van der Waals surface area contributed by atoms with Crippen molar-refractivity contribution in [1.82, 2.24) is 0 Å². The van der Waals surface area contributed by atoms with Crippen molar-refractivity contribution in [3.8, 4) is 0 Å². The minimum Gasteiger partial charge on any atom is -0.299 e. The Morgan fingerprint density at radius 2 is 1.41 bits per heavy atom. The Bertz CT molecular complexity index is 1210. The molecule has 0 spiro atoms. The lowest BCUT2D eigenvalue weighted by molar-refractivity contribution is -0.128. The second-order valence-corrected chi connectivity index (χ2v) is 10.5. The van der Waals surface area contributed by atoms with Gasteiger partial charge in [0.2, 0.25) is 0 Å². The zero-order chi connectivity index (χ0) is 24.4. The Balaban J connectivity index is 1.76. The van der Waals surface area contributed by atoms with E-state index in [1.54, 1.807) is 6.20 Å². The maximum Gasteiger partial charge on any atom is 0.185 e. The Hall–Kier alpha value is -2.44. The van der Waals surface area contributed by atoms with Crippen molar-refractivity contribution in [2.24, 2.45) is 21.8 Å². The van der Waals surface area contributed by atoms with Crippen molar-refractivity contribution in [2.75, 3.05) is 0 Å². The number of allylic oxidation sites excluding steroid dienone is 3. The monoisotopic (exact) mass is 580 g/mol. The number of carbonyl (C=O) groups is 2. The number of fused-ring (bicyclic) bond motifs is 1. The first-order valence-corrected chi connectivity index (χ1v) is 13.1. The molecule has 2 atom stereocenters. The van der Waals surface area contributed by atoms with Crippen LogP contribution in [0.5, 0.6) is 0 Å². The molecule has 2 aromatic carbocycles. The molecule has 174 valence electrons. The zero-order valence-electron chi connectivity index (χ0n) is 19.4. The first-order valence-electron chi connectivity index (χ1n) is 11.5. The minimum absolute atomic E-state index is 0.0493. The molecule has 0 N–H and O–H groups in total. The summed E-state index contributed by atoms with van der Waals surface area (Å²) in [6.45, 7) is 5.89. The molecular weight excluding hydrogens is 556 g/mol. The van der Waals surface area contributed by atoms with Gasteiger partial charge in [0.1, 0.15) is 11.5 Å². The molecule has 0 bridgehead atoms. The van der Waals surface area contributed by atoms with Gasteiger partial charge in [-0.2, -0.15) is 0 Å². The normalized spacial score (nSPS) is 16.6. The summed E-state index contributed by atoms with van der Waals surface area (Å²) < 4.78 is 1.95. The molecular formula is C28H26Br2N2O2. The Morgan fingerprint density at radius 3 is 1.94 bits per heavy atom. The van der Waals surface area contributed by atoms with Crippen LogP contribution < -0.4 is 0 Å². The summed E-state index contributed by atoms with van der Waals surface area (Å²) in [5.41, 5.74) is 5.35. The molecule has 2 aliphatic rings. The predicted octanol–water partition coefficient (Wildman–Crippen LogP) is 7.26. The summed E-state index contributed by atoms with van der Waals surface area (Å²) in [5, 5.41) is 0. The number of halogens is 2. The maximum absolute atomic E-state index is 13.8. The smallest absolute Gasteiger partial charge is 0.185 e. The van der Waals surface area contributed by atoms with E-state index in [1.807, 2.05) is 69.3 Å². The highest BCUT2D eigenvalue weighted by Gasteiger charge is 2.37. The third-order valence-corrected chi connectivity index (χ3v) is 7.54. The second-order valence-electron chi connectivity index (χ2n) is 8.67. The first-order chi connectivity index (χ1) is 16.3. The number of aliphatic imine (C=N–C) groups is 2. The van der Waals surface area contributed by atoms with Crippen molar-refractivity contribution < 1.29 is 9.59 Å². The summed E-state index contributed by atoms with van der Waals surface area (Å²) in [4.78, 5) is 36.1. The molecule has 2 aromatic rings. The number of ketones is 2.